The molecule has 2 atom stereocenters. The third-order valence-electron chi connectivity index (χ3n) is 4.40. The molecular weight excluding hydrogens is 372 g/mol. The number of carbonyl (C=O) groups excluding carboxylic acids is 1. The second-order valence-corrected chi connectivity index (χ2v) is 9.35. The number of sulfonamides is 1. The number of likely N-dealkylation sites (tertiary alicyclic amines) is 1. The molecule has 1 aromatic heterocycles. The maximum atomic E-state index is 12.7. The molecule has 6 nitrogen and oxygen atoms in total. The van der Waals surface area contributed by atoms with E-state index in [2.05, 4.69) is 4.72 Å². The van der Waals surface area contributed by atoms with Crippen molar-refractivity contribution in [1.29, 1.82) is 0 Å². The van der Waals surface area contributed by atoms with E-state index in [0.717, 1.165) is 24.2 Å². The molecule has 0 unspecified atom stereocenters. The molecule has 8 heteroatoms. The molecule has 1 aliphatic rings. The fraction of sp³-hybridized carbons (Fsp3) is 0.389. The van der Waals surface area contributed by atoms with Crippen molar-refractivity contribution in [2.75, 3.05) is 11.3 Å². The summed E-state index contributed by atoms with van der Waals surface area (Å²) in [5.41, 5.74) is 0.929. The smallest absolute Gasteiger partial charge is 0.271 e. The monoisotopic (exact) mass is 394 g/mol. The first-order valence-electron chi connectivity index (χ1n) is 8.52. The molecule has 0 radical (unpaired) electrons. The fourth-order valence-corrected chi connectivity index (χ4v) is 5.26. The normalized spacial score (nSPS) is 18.7. The first-order valence-corrected chi connectivity index (χ1v) is 10.9. The lowest BCUT2D eigenvalue weighted by atomic mass is 10.1. The topological polar surface area (TPSA) is 86.7 Å². The van der Waals surface area contributed by atoms with Gasteiger partial charge in [-0.1, -0.05) is 6.07 Å². The van der Waals surface area contributed by atoms with Crippen molar-refractivity contribution in [3.63, 3.8) is 0 Å². The Hall–Kier alpha value is -1.90. The van der Waals surface area contributed by atoms with Crippen molar-refractivity contribution in [1.82, 2.24) is 4.90 Å². The largest absolute Gasteiger partial charge is 0.393 e. The quantitative estimate of drug-likeness (QED) is 0.789. The van der Waals surface area contributed by atoms with Gasteiger partial charge < -0.3 is 10.0 Å². The average molecular weight is 395 g/mol. The summed E-state index contributed by atoms with van der Waals surface area (Å²) in [4.78, 5) is 14.5. The van der Waals surface area contributed by atoms with Crippen LogP contribution in [0.15, 0.2) is 46.0 Å². The number of amides is 1. The summed E-state index contributed by atoms with van der Waals surface area (Å²) in [7, 11) is -3.60. The SMILES string of the molecule is C[C@@H](O)C[C@H]1CCCN1C(=O)c1ccc(NS(=O)(=O)c2cccs2)cc1. The standard InChI is InChI=1S/C18H22N2O4S2/c1-13(21)12-16-4-2-10-20(16)18(22)14-6-8-15(9-7-14)19-26(23,24)17-5-3-11-25-17/h3,5-9,11,13,16,19,21H,2,4,10,12H2,1H3/t13-,16-/m1/s1. The van der Waals surface area contributed by atoms with Crippen molar-refractivity contribution in [2.24, 2.45) is 0 Å². The Labute approximate surface area is 157 Å². The van der Waals surface area contributed by atoms with Gasteiger partial charge in [0.1, 0.15) is 4.21 Å². The third kappa shape index (κ3) is 4.25. The number of benzene rings is 1. The summed E-state index contributed by atoms with van der Waals surface area (Å²) < 4.78 is 27.2. The van der Waals surface area contributed by atoms with Crippen LogP contribution in [-0.2, 0) is 10.0 Å². The number of nitrogens with one attached hydrogen (secondary N) is 1. The van der Waals surface area contributed by atoms with Crippen molar-refractivity contribution in [2.45, 2.75) is 42.5 Å². The average Bonchev–Trinajstić information content (AvgIpc) is 3.26. The summed E-state index contributed by atoms with van der Waals surface area (Å²) in [5, 5.41) is 11.3. The Morgan fingerprint density at radius 1 is 1.35 bits per heavy atom. The van der Waals surface area contributed by atoms with Gasteiger partial charge in [-0.2, -0.15) is 0 Å². The van der Waals surface area contributed by atoms with Crippen molar-refractivity contribution >= 4 is 33.0 Å². The van der Waals surface area contributed by atoms with Crippen LogP contribution in [0.1, 0.15) is 36.5 Å². The second kappa shape index (κ2) is 7.77. The van der Waals surface area contributed by atoms with E-state index in [1.165, 1.54) is 0 Å². The highest BCUT2D eigenvalue weighted by atomic mass is 32.2. The first-order chi connectivity index (χ1) is 12.4. The number of aliphatic hydroxyl groups excluding tert-OH is 1. The fourth-order valence-electron chi connectivity index (χ4n) is 3.21. The highest BCUT2D eigenvalue weighted by molar-refractivity contribution is 7.94. The van der Waals surface area contributed by atoms with Crippen molar-refractivity contribution in [3.8, 4) is 0 Å². The zero-order valence-corrected chi connectivity index (χ0v) is 16.1. The van der Waals surface area contributed by atoms with E-state index in [1.54, 1.807) is 53.6 Å². The maximum Gasteiger partial charge on any atom is 0.271 e. The van der Waals surface area contributed by atoms with E-state index in [4.69, 9.17) is 0 Å². The van der Waals surface area contributed by atoms with Gasteiger partial charge in [-0.3, -0.25) is 9.52 Å². The van der Waals surface area contributed by atoms with Crippen molar-refractivity contribution < 1.29 is 18.3 Å². The molecule has 0 saturated carbocycles. The van der Waals surface area contributed by atoms with E-state index in [0.29, 0.717) is 24.2 Å². The minimum absolute atomic E-state index is 0.0551. The molecule has 0 aliphatic carbocycles. The molecule has 0 bridgehead atoms. The zero-order chi connectivity index (χ0) is 18.7. The number of rotatable bonds is 6. The number of hydrogen-bond acceptors (Lipinski definition) is 5. The molecular formula is C18H22N2O4S2. The molecule has 26 heavy (non-hydrogen) atoms. The predicted molar refractivity (Wildman–Crippen MR) is 102 cm³/mol. The summed E-state index contributed by atoms with van der Waals surface area (Å²) in [5.74, 6) is -0.0826. The Morgan fingerprint density at radius 2 is 2.08 bits per heavy atom. The molecule has 1 aliphatic heterocycles. The number of carbonyl (C=O) groups is 1. The number of thiophene rings is 1. The molecule has 3 rings (SSSR count). The van der Waals surface area contributed by atoms with Gasteiger partial charge in [0.25, 0.3) is 15.9 Å². The van der Waals surface area contributed by atoms with Gasteiger partial charge in [0.15, 0.2) is 0 Å². The maximum absolute atomic E-state index is 12.7. The number of aliphatic hydroxyl groups is 1. The summed E-state index contributed by atoms with van der Waals surface area (Å²) in [6.07, 6.45) is 1.96. The van der Waals surface area contributed by atoms with Crippen molar-refractivity contribution in [3.05, 3.63) is 47.3 Å². The molecule has 2 N–H and O–H groups in total. The van der Waals surface area contributed by atoms with Crippen LogP contribution in [0, 0.1) is 0 Å². The minimum Gasteiger partial charge on any atom is -0.393 e. The van der Waals surface area contributed by atoms with E-state index >= 15 is 0 Å². The first kappa shape index (κ1) is 18.9. The highest BCUT2D eigenvalue weighted by Gasteiger charge is 2.30. The van der Waals surface area contributed by atoms with Crippen LogP contribution < -0.4 is 4.72 Å². The van der Waals surface area contributed by atoms with E-state index in [1.807, 2.05) is 0 Å². The van der Waals surface area contributed by atoms with E-state index in [-0.39, 0.29) is 16.2 Å². The molecule has 2 heterocycles. The zero-order valence-electron chi connectivity index (χ0n) is 14.5. The van der Waals surface area contributed by atoms with Gasteiger partial charge >= 0.3 is 0 Å². The van der Waals surface area contributed by atoms with E-state index in [9.17, 15) is 18.3 Å². The number of nitrogens with zero attached hydrogens (tertiary/aromatic N) is 1. The van der Waals surface area contributed by atoms with Crippen LogP contribution in [0.4, 0.5) is 5.69 Å². The van der Waals surface area contributed by atoms with Gasteiger partial charge in [0, 0.05) is 23.8 Å². The third-order valence-corrected chi connectivity index (χ3v) is 7.17. The van der Waals surface area contributed by atoms with Crippen LogP contribution in [0.3, 0.4) is 0 Å². The molecule has 1 fully saturated rings. The molecule has 140 valence electrons. The van der Waals surface area contributed by atoms with Gasteiger partial charge in [-0.15, -0.1) is 11.3 Å². The number of hydrogen-bond donors (Lipinski definition) is 2. The van der Waals surface area contributed by atoms with Crippen LogP contribution in [0.25, 0.3) is 0 Å². The lowest BCUT2D eigenvalue weighted by molar-refractivity contribution is 0.0682. The summed E-state index contributed by atoms with van der Waals surface area (Å²) in [6, 6.07) is 9.73. The van der Waals surface area contributed by atoms with Gasteiger partial charge in [0.05, 0.1) is 6.10 Å². The van der Waals surface area contributed by atoms with Crippen LogP contribution >= 0.6 is 11.3 Å². The molecule has 0 spiro atoms. The molecule has 1 aromatic carbocycles. The Kier molecular flexibility index (Phi) is 5.64. The lowest BCUT2D eigenvalue weighted by Crippen LogP contribution is -2.37. The lowest BCUT2D eigenvalue weighted by Gasteiger charge is -2.25. The molecule has 2 aromatic rings. The summed E-state index contributed by atoms with van der Waals surface area (Å²) in [6.45, 7) is 2.42. The van der Waals surface area contributed by atoms with Crippen LogP contribution in [-0.4, -0.2) is 43.0 Å². The van der Waals surface area contributed by atoms with E-state index < -0.39 is 16.1 Å². The van der Waals surface area contributed by atoms with Gasteiger partial charge in [-0.25, -0.2) is 8.42 Å². The Balaban J connectivity index is 1.70. The summed E-state index contributed by atoms with van der Waals surface area (Å²) >= 11 is 1.15. The molecule has 1 saturated heterocycles. The highest BCUT2D eigenvalue weighted by Crippen LogP contribution is 2.25. The Morgan fingerprint density at radius 3 is 2.69 bits per heavy atom. The van der Waals surface area contributed by atoms with Gasteiger partial charge in [0.2, 0.25) is 0 Å². The number of anilines is 1. The predicted octanol–water partition coefficient (Wildman–Crippen LogP) is 2.92. The van der Waals surface area contributed by atoms with Gasteiger partial charge in [-0.05, 0) is 61.9 Å². The second-order valence-electron chi connectivity index (χ2n) is 6.49. The van der Waals surface area contributed by atoms with Crippen LogP contribution in [0.2, 0.25) is 0 Å². The minimum atomic E-state index is -3.60. The van der Waals surface area contributed by atoms with Crippen LogP contribution in [0.5, 0.6) is 0 Å². The Bertz CT molecular complexity index is 846. The molecule has 1 amide bonds.